The van der Waals surface area contributed by atoms with Crippen molar-refractivity contribution in [1.82, 2.24) is 14.9 Å². The number of piperazine rings is 1. The van der Waals surface area contributed by atoms with Crippen LogP contribution in [0.3, 0.4) is 0 Å². The van der Waals surface area contributed by atoms with E-state index in [0.717, 1.165) is 18.8 Å². The first-order chi connectivity index (χ1) is 8.86. The van der Waals surface area contributed by atoms with Gasteiger partial charge in [-0.3, -0.25) is 4.79 Å². The van der Waals surface area contributed by atoms with E-state index < -0.39 is 5.54 Å². The molecule has 0 saturated carbocycles. The van der Waals surface area contributed by atoms with Crippen LogP contribution in [0.4, 0.5) is 11.6 Å². The van der Waals surface area contributed by atoms with E-state index in [1.165, 1.54) is 0 Å². The van der Waals surface area contributed by atoms with Gasteiger partial charge in [0.25, 0.3) is 0 Å². The minimum absolute atomic E-state index is 0.0917. The molecular formula is C13H21N5O. The summed E-state index contributed by atoms with van der Waals surface area (Å²) in [6, 6.07) is 1.74. The zero-order valence-electron chi connectivity index (χ0n) is 12.0. The lowest BCUT2D eigenvalue weighted by Crippen LogP contribution is -2.62. The third-order valence-electron chi connectivity index (χ3n) is 3.58. The van der Waals surface area contributed by atoms with Gasteiger partial charge in [0, 0.05) is 32.6 Å². The van der Waals surface area contributed by atoms with Crippen molar-refractivity contribution in [2.24, 2.45) is 0 Å². The second-order valence-corrected chi connectivity index (χ2v) is 5.36. The first kappa shape index (κ1) is 13.6. The summed E-state index contributed by atoms with van der Waals surface area (Å²) in [6.07, 6.45) is 0.722. The Morgan fingerprint density at radius 2 is 2.05 bits per heavy atom. The smallest absolute Gasteiger partial charge is 0.247 e. The highest BCUT2D eigenvalue weighted by atomic mass is 16.2. The first-order valence-electron chi connectivity index (χ1n) is 6.53. The largest absolute Gasteiger partial charge is 0.384 e. The fourth-order valence-corrected chi connectivity index (χ4v) is 2.41. The Morgan fingerprint density at radius 3 is 2.68 bits per heavy atom. The lowest BCUT2D eigenvalue weighted by molar-refractivity contribution is -0.136. The zero-order valence-corrected chi connectivity index (χ0v) is 12.0. The average Bonchev–Trinajstić information content (AvgIpc) is 2.35. The van der Waals surface area contributed by atoms with E-state index in [9.17, 15) is 4.79 Å². The topological polar surface area (TPSA) is 75.3 Å². The molecule has 0 unspecified atom stereocenters. The molecule has 1 fully saturated rings. The van der Waals surface area contributed by atoms with Crippen molar-refractivity contribution in [2.45, 2.75) is 32.7 Å². The van der Waals surface area contributed by atoms with Crippen molar-refractivity contribution in [3.8, 4) is 0 Å². The highest BCUT2D eigenvalue weighted by Crippen LogP contribution is 2.27. The van der Waals surface area contributed by atoms with Gasteiger partial charge in [0.05, 0.1) is 0 Å². The van der Waals surface area contributed by atoms with E-state index in [4.69, 9.17) is 5.73 Å². The monoisotopic (exact) mass is 263 g/mol. The van der Waals surface area contributed by atoms with Crippen molar-refractivity contribution in [2.75, 3.05) is 30.8 Å². The number of aromatic nitrogens is 2. The van der Waals surface area contributed by atoms with Crippen molar-refractivity contribution < 1.29 is 4.79 Å². The molecular weight excluding hydrogens is 242 g/mol. The Bertz CT molecular complexity index is 500. The van der Waals surface area contributed by atoms with E-state index in [0.29, 0.717) is 18.2 Å². The summed E-state index contributed by atoms with van der Waals surface area (Å²) in [5.41, 5.74) is 5.21. The van der Waals surface area contributed by atoms with Crippen molar-refractivity contribution >= 4 is 17.5 Å². The van der Waals surface area contributed by atoms with Crippen LogP contribution in [0, 0.1) is 0 Å². The third-order valence-corrected chi connectivity index (χ3v) is 3.58. The van der Waals surface area contributed by atoms with Gasteiger partial charge in [0.1, 0.15) is 23.0 Å². The molecule has 1 aliphatic rings. The van der Waals surface area contributed by atoms with E-state index in [1.807, 2.05) is 32.7 Å². The number of amides is 1. The minimum Gasteiger partial charge on any atom is -0.384 e. The number of nitrogens with zero attached hydrogens (tertiary/aromatic N) is 4. The number of nitrogen functional groups attached to an aromatic ring is 1. The van der Waals surface area contributed by atoms with Gasteiger partial charge in [-0.1, -0.05) is 6.92 Å². The highest BCUT2D eigenvalue weighted by Gasteiger charge is 2.41. The number of likely N-dealkylation sites (N-methyl/N-ethyl adjacent to an activating group) is 1. The Balaban J connectivity index is 2.41. The molecule has 0 atom stereocenters. The molecule has 0 aliphatic carbocycles. The maximum Gasteiger partial charge on any atom is 0.247 e. The molecule has 0 radical (unpaired) electrons. The summed E-state index contributed by atoms with van der Waals surface area (Å²) >= 11 is 0. The Kier molecular flexibility index (Phi) is 3.34. The molecule has 2 N–H and O–H groups in total. The number of carbonyl (C=O) groups is 1. The maximum atomic E-state index is 12.3. The van der Waals surface area contributed by atoms with Gasteiger partial charge in [-0.05, 0) is 13.8 Å². The maximum absolute atomic E-state index is 12.3. The molecule has 1 amide bonds. The normalized spacial score (nSPS) is 18.8. The lowest BCUT2D eigenvalue weighted by atomic mass is 9.98. The quantitative estimate of drug-likeness (QED) is 0.849. The minimum atomic E-state index is -0.612. The molecule has 0 spiro atoms. The van der Waals surface area contributed by atoms with E-state index in [1.54, 1.807) is 11.0 Å². The lowest BCUT2D eigenvalue weighted by Gasteiger charge is -2.45. The molecule has 1 aromatic rings. The number of aryl methyl sites for hydroxylation is 1. The SMILES string of the molecule is CCc1nc(N)cc(N2CCN(C)C(=O)C2(C)C)n1. The summed E-state index contributed by atoms with van der Waals surface area (Å²) in [7, 11) is 1.83. The second-order valence-electron chi connectivity index (χ2n) is 5.36. The number of hydrogen-bond donors (Lipinski definition) is 1. The van der Waals surface area contributed by atoms with Gasteiger partial charge in [0.2, 0.25) is 5.91 Å². The molecule has 6 heteroatoms. The highest BCUT2D eigenvalue weighted by molar-refractivity contribution is 5.90. The Labute approximate surface area is 113 Å². The molecule has 104 valence electrons. The standard InChI is InChI=1S/C13H21N5O/c1-5-10-15-9(14)8-11(16-10)18-7-6-17(4)12(19)13(18,2)3/h8H,5-7H2,1-4H3,(H2,14,15,16). The van der Waals surface area contributed by atoms with E-state index in [2.05, 4.69) is 9.97 Å². The number of carbonyl (C=O) groups excluding carboxylic acids is 1. The number of anilines is 2. The Hall–Kier alpha value is -1.85. The summed E-state index contributed by atoms with van der Waals surface area (Å²) in [6.45, 7) is 7.24. The van der Waals surface area contributed by atoms with Crippen LogP contribution in [0.5, 0.6) is 0 Å². The van der Waals surface area contributed by atoms with Crippen LogP contribution in [0.1, 0.15) is 26.6 Å². The van der Waals surface area contributed by atoms with Crippen LogP contribution in [-0.4, -0.2) is 46.5 Å². The van der Waals surface area contributed by atoms with Gasteiger partial charge in [-0.15, -0.1) is 0 Å². The molecule has 1 aromatic heterocycles. The molecule has 1 aliphatic heterocycles. The number of hydrogen-bond acceptors (Lipinski definition) is 5. The summed E-state index contributed by atoms with van der Waals surface area (Å²) in [4.78, 5) is 24.7. The van der Waals surface area contributed by atoms with Gasteiger partial charge in [0.15, 0.2) is 0 Å². The molecule has 2 heterocycles. The number of nitrogens with two attached hydrogens (primary N) is 1. The zero-order chi connectivity index (χ0) is 14.2. The summed E-state index contributed by atoms with van der Waals surface area (Å²) in [5, 5.41) is 0. The summed E-state index contributed by atoms with van der Waals surface area (Å²) < 4.78 is 0. The second kappa shape index (κ2) is 4.68. The molecule has 1 saturated heterocycles. The van der Waals surface area contributed by atoms with Gasteiger partial charge in [-0.25, -0.2) is 9.97 Å². The predicted octanol–water partition coefficient (Wildman–Crippen LogP) is 0.678. The fourth-order valence-electron chi connectivity index (χ4n) is 2.41. The first-order valence-corrected chi connectivity index (χ1v) is 6.53. The van der Waals surface area contributed by atoms with Crippen molar-refractivity contribution in [3.05, 3.63) is 11.9 Å². The van der Waals surface area contributed by atoms with Crippen molar-refractivity contribution in [3.63, 3.8) is 0 Å². The predicted molar refractivity (Wildman–Crippen MR) is 74.9 cm³/mol. The summed E-state index contributed by atoms with van der Waals surface area (Å²) in [5.74, 6) is 1.98. The van der Waals surface area contributed by atoms with Gasteiger partial charge in [-0.2, -0.15) is 0 Å². The van der Waals surface area contributed by atoms with Crippen LogP contribution in [0.25, 0.3) is 0 Å². The van der Waals surface area contributed by atoms with Crippen molar-refractivity contribution in [1.29, 1.82) is 0 Å². The van der Waals surface area contributed by atoms with Crippen LogP contribution in [-0.2, 0) is 11.2 Å². The van der Waals surface area contributed by atoms with Gasteiger partial charge >= 0.3 is 0 Å². The van der Waals surface area contributed by atoms with Crippen LogP contribution >= 0.6 is 0 Å². The number of rotatable bonds is 2. The van der Waals surface area contributed by atoms with Crippen LogP contribution < -0.4 is 10.6 Å². The van der Waals surface area contributed by atoms with E-state index in [-0.39, 0.29) is 5.91 Å². The van der Waals surface area contributed by atoms with Gasteiger partial charge < -0.3 is 15.5 Å². The molecule has 2 rings (SSSR count). The van der Waals surface area contributed by atoms with E-state index >= 15 is 0 Å². The Morgan fingerprint density at radius 1 is 1.37 bits per heavy atom. The fraction of sp³-hybridized carbons (Fsp3) is 0.615. The van der Waals surface area contributed by atoms with Crippen LogP contribution in [0.15, 0.2) is 6.07 Å². The molecule has 6 nitrogen and oxygen atoms in total. The van der Waals surface area contributed by atoms with Crippen LogP contribution in [0.2, 0.25) is 0 Å². The average molecular weight is 263 g/mol. The molecule has 0 aromatic carbocycles. The molecule has 19 heavy (non-hydrogen) atoms. The third kappa shape index (κ3) is 2.34. The molecule has 0 bridgehead atoms.